The molecule has 0 radical (unpaired) electrons. The van der Waals surface area contributed by atoms with Crippen molar-refractivity contribution in [2.24, 2.45) is 0 Å². The summed E-state index contributed by atoms with van der Waals surface area (Å²) in [4.78, 5) is 6.23. The van der Waals surface area contributed by atoms with Gasteiger partial charge in [-0.25, -0.2) is 4.98 Å². The van der Waals surface area contributed by atoms with Crippen molar-refractivity contribution >= 4 is 5.82 Å². The molecule has 0 fully saturated rings. The molecule has 0 aliphatic rings. The van der Waals surface area contributed by atoms with Gasteiger partial charge in [0.05, 0.1) is 6.10 Å². The number of anilines is 1. The first kappa shape index (κ1) is 11.9. The largest absolute Gasteiger partial charge is 0.392 e. The Balaban J connectivity index is 2.55. The highest BCUT2D eigenvalue weighted by Crippen LogP contribution is 2.08. The summed E-state index contributed by atoms with van der Waals surface area (Å²) in [5, 5.41) is 12.2. The zero-order chi connectivity index (χ0) is 11.3. The van der Waals surface area contributed by atoms with Crippen molar-refractivity contribution < 1.29 is 5.11 Å². The highest BCUT2D eigenvalue weighted by atomic mass is 16.3. The summed E-state index contributed by atoms with van der Waals surface area (Å²) in [7, 11) is 3.85. The van der Waals surface area contributed by atoms with E-state index in [0.717, 1.165) is 12.4 Å². The molecule has 4 heteroatoms. The fourth-order valence-corrected chi connectivity index (χ4v) is 1.54. The van der Waals surface area contributed by atoms with E-state index in [-0.39, 0.29) is 6.10 Å². The zero-order valence-electron chi connectivity index (χ0n) is 9.57. The van der Waals surface area contributed by atoms with E-state index in [2.05, 4.69) is 15.2 Å². The number of hydrogen-bond acceptors (Lipinski definition) is 4. The molecule has 0 saturated carbocycles. The predicted molar refractivity (Wildman–Crippen MR) is 61.8 cm³/mol. The van der Waals surface area contributed by atoms with Crippen LogP contribution in [0.25, 0.3) is 0 Å². The van der Waals surface area contributed by atoms with Gasteiger partial charge in [0.1, 0.15) is 5.82 Å². The van der Waals surface area contributed by atoms with E-state index < -0.39 is 0 Å². The summed E-state index contributed by atoms with van der Waals surface area (Å²) in [5.74, 6) is 0.873. The van der Waals surface area contributed by atoms with Crippen molar-refractivity contribution in [3.05, 3.63) is 23.9 Å². The second kappa shape index (κ2) is 5.68. The van der Waals surface area contributed by atoms with Crippen molar-refractivity contribution in [3.63, 3.8) is 0 Å². The number of nitrogens with zero attached hydrogens (tertiary/aromatic N) is 2. The molecular weight excluding hydrogens is 190 g/mol. The monoisotopic (exact) mass is 209 g/mol. The molecule has 1 atom stereocenters. The van der Waals surface area contributed by atoms with Gasteiger partial charge in [-0.15, -0.1) is 0 Å². The smallest absolute Gasteiger partial charge is 0.125 e. The minimum Gasteiger partial charge on any atom is -0.392 e. The van der Waals surface area contributed by atoms with Crippen LogP contribution in [0, 0.1) is 0 Å². The van der Waals surface area contributed by atoms with Gasteiger partial charge in [0.25, 0.3) is 0 Å². The number of aromatic nitrogens is 1. The molecule has 1 unspecified atom stereocenters. The number of aliphatic hydroxyl groups excluding tert-OH is 1. The quantitative estimate of drug-likeness (QED) is 0.757. The Labute approximate surface area is 90.9 Å². The molecule has 1 rings (SSSR count). The summed E-state index contributed by atoms with van der Waals surface area (Å²) in [6.07, 6.45) is 1.50. The highest BCUT2D eigenvalue weighted by Gasteiger charge is 2.04. The summed E-state index contributed by atoms with van der Waals surface area (Å²) in [6.45, 7) is 3.29. The van der Waals surface area contributed by atoms with Crippen molar-refractivity contribution in [1.82, 2.24) is 9.88 Å². The number of likely N-dealkylation sites (N-methyl/N-ethyl adjacent to an activating group) is 1. The molecule has 0 aromatic carbocycles. The summed E-state index contributed by atoms with van der Waals surface area (Å²) < 4.78 is 0. The van der Waals surface area contributed by atoms with Crippen LogP contribution in [0.3, 0.4) is 0 Å². The van der Waals surface area contributed by atoms with E-state index in [9.17, 15) is 5.11 Å². The van der Waals surface area contributed by atoms with Gasteiger partial charge in [0.2, 0.25) is 0 Å². The topological polar surface area (TPSA) is 48.4 Å². The molecule has 1 aromatic rings. The second-order valence-corrected chi connectivity index (χ2v) is 3.85. The van der Waals surface area contributed by atoms with Gasteiger partial charge in [0.15, 0.2) is 0 Å². The SMILES string of the molecule is CNc1cc(CN(C)CC(C)O)ccn1. The molecule has 0 aliphatic carbocycles. The summed E-state index contributed by atoms with van der Waals surface area (Å²) in [6, 6.07) is 4.00. The summed E-state index contributed by atoms with van der Waals surface area (Å²) >= 11 is 0. The number of pyridine rings is 1. The van der Waals surface area contributed by atoms with Gasteiger partial charge in [-0.2, -0.15) is 0 Å². The minimum absolute atomic E-state index is 0.291. The maximum absolute atomic E-state index is 9.24. The Hall–Kier alpha value is -1.13. The van der Waals surface area contributed by atoms with E-state index >= 15 is 0 Å². The number of hydrogen-bond donors (Lipinski definition) is 2. The van der Waals surface area contributed by atoms with Crippen molar-refractivity contribution in [2.75, 3.05) is 26.0 Å². The van der Waals surface area contributed by atoms with Gasteiger partial charge in [-0.05, 0) is 31.7 Å². The standard InChI is InChI=1S/C11H19N3O/c1-9(15)7-14(3)8-10-4-5-13-11(6-10)12-2/h4-6,9,15H,7-8H2,1-3H3,(H,12,13). The van der Waals surface area contributed by atoms with Gasteiger partial charge < -0.3 is 10.4 Å². The van der Waals surface area contributed by atoms with Gasteiger partial charge in [-0.3, -0.25) is 4.90 Å². The lowest BCUT2D eigenvalue weighted by atomic mass is 10.2. The Kier molecular flexibility index (Phi) is 4.52. The van der Waals surface area contributed by atoms with Crippen molar-refractivity contribution in [3.8, 4) is 0 Å². The van der Waals surface area contributed by atoms with Crippen LogP contribution in [-0.4, -0.2) is 41.7 Å². The third-order valence-electron chi connectivity index (χ3n) is 2.11. The van der Waals surface area contributed by atoms with Crippen LogP contribution in [0.5, 0.6) is 0 Å². The third-order valence-corrected chi connectivity index (χ3v) is 2.11. The Morgan fingerprint density at radius 2 is 2.33 bits per heavy atom. The molecule has 0 saturated heterocycles. The molecule has 2 N–H and O–H groups in total. The lowest BCUT2D eigenvalue weighted by molar-refractivity contribution is 0.138. The Bertz CT molecular complexity index is 302. The van der Waals surface area contributed by atoms with E-state index in [1.54, 1.807) is 13.1 Å². The van der Waals surface area contributed by atoms with Crippen LogP contribution in [0.15, 0.2) is 18.3 Å². The molecule has 1 aromatic heterocycles. The highest BCUT2D eigenvalue weighted by molar-refractivity contribution is 5.36. The summed E-state index contributed by atoms with van der Waals surface area (Å²) in [5.41, 5.74) is 1.19. The predicted octanol–water partition coefficient (Wildman–Crippen LogP) is 0.936. The van der Waals surface area contributed by atoms with E-state index in [0.29, 0.717) is 6.54 Å². The van der Waals surface area contributed by atoms with Gasteiger partial charge in [-0.1, -0.05) is 0 Å². The number of rotatable bonds is 5. The molecule has 0 bridgehead atoms. The average molecular weight is 209 g/mol. The van der Waals surface area contributed by atoms with Crippen LogP contribution in [0.2, 0.25) is 0 Å². The first-order valence-corrected chi connectivity index (χ1v) is 5.11. The van der Waals surface area contributed by atoms with Crippen LogP contribution < -0.4 is 5.32 Å². The maximum Gasteiger partial charge on any atom is 0.125 e. The second-order valence-electron chi connectivity index (χ2n) is 3.85. The van der Waals surface area contributed by atoms with Crippen molar-refractivity contribution in [1.29, 1.82) is 0 Å². The molecule has 84 valence electrons. The Morgan fingerprint density at radius 3 is 2.93 bits per heavy atom. The third kappa shape index (κ3) is 4.27. The molecule has 1 heterocycles. The van der Waals surface area contributed by atoms with Crippen LogP contribution >= 0.6 is 0 Å². The molecule has 0 spiro atoms. The number of nitrogens with one attached hydrogen (secondary N) is 1. The average Bonchev–Trinajstić information content (AvgIpc) is 2.16. The van der Waals surface area contributed by atoms with Crippen LogP contribution in [0.4, 0.5) is 5.82 Å². The van der Waals surface area contributed by atoms with Crippen LogP contribution in [0.1, 0.15) is 12.5 Å². The van der Waals surface area contributed by atoms with Gasteiger partial charge >= 0.3 is 0 Å². The van der Waals surface area contributed by atoms with E-state index in [1.165, 1.54) is 5.56 Å². The Morgan fingerprint density at radius 1 is 1.60 bits per heavy atom. The normalized spacial score (nSPS) is 12.9. The van der Waals surface area contributed by atoms with E-state index in [1.807, 2.05) is 26.2 Å². The maximum atomic E-state index is 9.24. The lowest BCUT2D eigenvalue weighted by Gasteiger charge is -2.18. The molecule has 0 aliphatic heterocycles. The lowest BCUT2D eigenvalue weighted by Crippen LogP contribution is -2.26. The fraction of sp³-hybridized carbons (Fsp3) is 0.545. The molecule has 15 heavy (non-hydrogen) atoms. The van der Waals surface area contributed by atoms with E-state index in [4.69, 9.17) is 0 Å². The molecule has 0 amide bonds. The fourth-order valence-electron chi connectivity index (χ4n) is 1.54. The number of aliphatic hydroxyl groups is 1. The minimum atomic E-state index is -0.291. The van der Waals surface area contributed by atoms with Crippen molar-refractivity contribution in [2.45, 2.75) is 19.6 Å². The molecule has 4 nitrogen and oxygen atoms in total. The van der Waals surface area contributed by atoms with Gasteiger partial charge in [0, 0.05) is 26.3 Å². The first-order valence-electron chi connectivity index (χ1n) is 5.11. The zero-order valence-corrected chi connectivity index (χ0v) is 9.57. The molecular formula is C11H19N3O. The van der Waals surface area contributed by atoms with Crippen LogP contribution in [-0.2, 0) is 6.54 Å². The first-order chi connectivity index (χ1) is 7.11.